The number of hydrogen-bond donors (Lipinski definition) is 4. The van der Waals surface area contributed by atoms with Crippen molar-refractivity contribution in [3.63, 3.8) is 0 Å². The van der Waals surface area contributed by atoms with Gasteiger partial charge in [-0.25, -0.2) is 8.42 Å². The third-order valence-electron chi connectivity index (χ3n) is 6.63. The Balaban J connectivity index is 2.06. The molecule has 2 amide bonds. The monoisotopic (exact) mass is 523 g/mol. The van der Waals surface area contributed by atoms with E-state index in [0.29, 0.717) is 56.9 Å². The second-order valence-electron chi connectivity index (χ2n) is 8.57. The van der Waals surface area contributed by atoms with Gasteiger partial charge in [-0.05, 0) is 62.2 Å². The molecule has 0 radical (unpaired) electrons. The molecule has 2 aliphatic rings. The van der Waals surface area contributed by atoms with Crippen LogP contribution in [0, 0.1) is 5.41 Å². The molecular weight excluding hydrogens is 490 g/mol. The van der Waals surface area contributed by atoms with Gasteiger partial charge in [0.2, 0.25) is 12.3 Å². The number of amides is 2. The quantitative estimate of drug-likeness (QED) is 0.267. The number of hydrogen-bond acceptors (Lipinski definition) is 7. The Morgan fingerprint density at radius 1 is 1.31 bits per heavy atom. The Kier molecular flexibility index (Phi) is 8.73. The van der Waals surface area contributed by atoms with Crippen molar-refractivity contribution in [1.82, 2.24) is 20.7 Å². The van der Waals surface area contributed by atoms with E-state index in [9.17, 15) is 18.0 Å². The minimum atomic E-state index is -4.05. The van der Waals surface area contributed by atoms with Crippen molar-refractivity contribution in [2.45, 2.75) is 44.6 Å². The summed E-state index contributed by atoms with van der Waals surface area (Å²) in [7, 11) is -4.05. The number of carbonyl (C=O) groups excluding carboxylic acids is 2. The number of sulfonamides is 1. The predicted octanol–water partition coefficient (Wildman–Crippen LogP) is 1.30. The van der Waals surface area contributed by atoms with Gasteiger partial charge in [-0.3, -0.25) is 14.3 Å². The molecule has 1 aromatic carbocycles. The largest absolute Gasteiger partial charge is 0.378 e. The number of anilines is 1. The second-order valence-corrected chi connectivity index (χ2v) is 10.6. The first kappa shape index (κ1) is 26.9. The molecule has 2 aliphatic heterocycles. The van der Waals surface area contributed by atoms with Crippen LogP contribution >= 0.6 is 12.2 Å². The van der Waals surface area contributed by atoms with Crippen molar-refractivity contribution < 1.29 is 22.7 Å². The van der Waals surface area contributed by atoms with Crippen molar-refractivity contribution in [2.24, 2.45) is 5.41 Å². The van der Waals surface area contributed by atoms with Gasteiger partial charge in [-0.15, -0.1) is 0 Å². The van der Waals surface area contributed by atoms with E-state index in [1.165, 1.54) is 0 Å². The molecule has 1 aromatic rings. The summed E-state index contributed by atoms with van der Waals surface area (Å²) in [4.78, 5) is 26.3. The first-order valence-electron chi connectivity index (χ1n) is 11.6. The molecule has 3 rings (SSSR count). The summed E-state index contributed by atoms with van der Waals surface area (Å²) in [5, 5.41) is 8.36. The molecule has 0 spiro atoms. The van der Waals surface area contributed by atoms with Crippen LogP contribution in [-0.2, 0) is 24.3 Å². The summed E-state index contributed by atoms with van der Waals surface area (Å²) in [5.41, 5.74) is 1.17. The molecule has 0 aliphatic carbocycles. The summed E-state index contributed by atoms with van der Waals surface area (Å²) in [6, 6.07) is 4.50. The average Bonchev–Trinajstić information content (AvgIpc) is 3.12. The van der Waals surface area contributed by atoms with Gasteiger partial charge >= 0.3 is 0 Å². The lowest BCUT2D eigenvalue weighted by atomic mass is 9.73. The van der Waals surface area contributed by atoms with E-state index < -0.39 is 21.5 Å². The van der Waals surface area contributed by atoms with Crippen molar-refractivity contribution in [2.75, 3.05) is 37.7 Å². The van der Waals surface area contributed by atoms with Crippen molar-refractivity contribution in [3.8, 4) is 0 Å². The van der Waals surface area contributed by atoms with E-state index >= 15 is 0 Å². The number of thiocarbonyl (C=S) groups is 1. The highest BCUT2D eigenvalue weighted by Crippen LogP contribution is 2.43. The van der Waals surface area contributed by atoms with Crippen molar-refractivity contribution in [3.05, 3.63) is 35.5 Å². The maximum Gasteiger partial charge on any atom is 0.265 e. The van der Waals surface area contributed by atoms with Crippen LogP contribution in [0.15, 0.2) is 34.9 Å². The van der Waals surface area contributed by atoms with Crippen LogP contribution < -0.4 is 25.6 Å². The fourth-order valence-corrected chi connectivity index (χ4v) is 6.24. The molecule has 1 saturated heterocycles. The normalized spacial score (nSPS) is 21.1. The number of carbonyl (C=O) groups is 2. The molecule has 2 unspecified atom stereocenters. The third kappa shape index (κ3) is 5.76. The van der Waals surface area contributed by atoms with Gasteiger partial charge < -0.3 is 25.6 Å². The topological polar surface area (TPSA) is 129 Å². The van der Waals surface area contributed by atoms with E-state index in [2.05, 4.69) is 20.7 Å². The zero-order valence-electron chi connectivity index (χ0n) is 20.2. The SMILES string of the molecule is CCNC(=S)NS(=O)(=O)c1cc(C(CC2(CC)C(=O)NC=C2C)NC=O)ccc1N1CCOCC1. The highest BCUT2D eigenvalue weighted by molar-refractivity contribution is 7.92. The number of morpholine rings is 1. The molecular formula is C23H33N5O5S2. The zero-order valence-corrected chi connectivity index (χ0v) is 21.9. The van der Waals surface area contributed by atoms with Crippen LogP contribution in [0.3, 0.4) is 0 Å². The Hall–Kier alpha value is -2.70. The third-order valence-corrected chi connectivity index (χ3v) is 8.38. The Bertz CT molecular complexity index is 1100. The number of nitrogens with one attached hydrogen (secondary N) is 4. The number of benzene rings is 1. The number of ether oxygens (including phenoxy) is 1. The maximum atomic E-state index is 13.4. The van der Waals surface area contributed by atoms with E-state index in [4.69, 9.17) is 17.0 Å². The van der Waals surface area contributed by atoms with E-state index in [1.54, 1.807) is 24.4 Å². The maximum absolute atomic E-state index is 13.4. The molecule has 0 aromatic heterocycles. The average molecular weight is 524 g/mol. The zero-order chi connectivity index (χ0) is 25.6. The lowest BCUT2D eigenvalue weighted by Gasteiger charge is -2.33. The molecule has 1 fully saturated rings. The van der Waals surface area contributed by atoms with Crippen LogP contribution in [0.2, 0.25) is 0 Å². The number of rotatable bonds is 10. The highest BCUT2D eigenvalue weighted by atomic mass is 32.2. The van der Waals surface area contributed by atoms with Crippen LogP contribution in [0.4, 0.5) is 5.69 Å². The summed E-state index contributed by atoms with van der Waals surface area (Å²) in [6.45, 7) is 8.13. The molecule has 192 valence electrons. The molecule has 35 heavy (non-hydrogen) atoms. The smallest absolute Gasteiger partial charge is 0.265 e. The van der Waals surface area contributed by atoms with Gasteiger partial charge in [0.15, 0.2) is 5.11 Å². The summed E-state index contributed by atoms with van der Waals surface area (Å²) >= 11 is 5.13. The van der Waals surface area contributed by atoms with Crippen LogP contribution in [0.5, 0.6) is 0 Å². The predicted molar refractivity (Wildman–Crippen MR) is 137 cm³/mol. The molecule has 2 heterocycles. The molecule has 4 N–H and O–H groups in total. The summed E-state index contributed by atoms with van der Waals surface area (Å²) in [6.07, 6.45) is 3.08. The molecule has 0 saturated carbocycles. The van der Waals surface area contributed by atoms with E-state index in [1.807, 2.05) is 25.7 Å². The van der Waals surface area contributed by atoms with Gasteiger partial charge in [-0.2, -0.15) is 0 Å². The van der Waals surface area contributed by atoms with Crippen molar-refractivity contribution >= 4 is 45.4 Å². The van der Waals surface area contributed by atoms with E-state index in [-0.39, 0.29) is 22.3 Å². The second kappa shape index (κ2) is 11.4. The Morgan fingerprint density at radius 3 is 2.60 bits per heavy atom. The van der Waals surface area contributed by atoms with E-state index in [0.717, 1.165) is 5.57 Å². The molecule has 10 nitrogen and oxygen atoms in total. The fraction of sp³-hybridized carbons (Fsp3) is 0.522. The lowest BCUT2D eigenvalue weighted by molar-refractivity contribution is -0.128. The molecule has 2 atom stereocenters. The minimum absolute atomic E-state index is 0.00159. The standard InChI is InChI=1S/C23H33N5O5S2/c1-4-23(16(3)14-25-21(23)30)13-18(26-15-29)17-6-7-19(28-8-10-33-11-9-28)20(12-17)35(31,32)27-22(34)24-5-2/h6-7,12,14-15,18H,4-5,8-11,13H2,1-3H3,(H,25,30)(H,26,29)(H2,24,27,34). The summed E-state index contributed by atoms with van der Waals surface area (Å²) in [5.74, 6) is -0.134. The lowest BCUT2D eigenvalue weighted by Crippen LogP contribution is -2.41. The molecule has 0 bridgehead atoms. The van der Waals surface area contributed by atoms with Crippen molar-refractivity contribution in [1.29, 1.82) is 0 Å². The Labute approximate surface area is 211 Å². The highest BCUT2D eigenvalue weighted by Gasteiger charge is 2.44. The minimum Gasteiger partial charge on any atom is -0.378 e. The van der Waals surface area contributed by atoms with Gasteiger partial charge in [0, 0.05) is 25.8 Å². The summed E-state index contributed by atoms with van der Waals surface area (Å²) < 4.78 is 34.7. The van der Waals surface area contributed by atoms with Crippen LogP contribution in [0.1, 0.15) is 45.2 Å². The Morgan fingerprint density at radius 2 is 2.03 bits per heavy atom. The van der Waals surface area contributed by atoms with Gasteiger partial charge in [0.1, 0.15) is 4.90 Å². The first-order valence-corrected chi connectivity index (χ1v) is 13.5. The first-order chi connectivity index (χ1) is 16.7. The van der Waals surface area contributed by atoms with Gasteiger partial charge in [0.05, 0.1) is 30.4 Å². The number of nitrogens with zero attached hydrogens (tertiary/aromatic N) is 1. The molecule has 12 heteroatoms. The van der Waals surface area contributed by atoms with Gasteiger partial charge in [-0.1, -0.05) is 13.0 Å². The van der Waals surface area contributed by atoms with Gasteiger partial charge in [0.25, 0.3) is 10.0 Å². The van der Waals surface area contributed by atoms with Crippen LogP contribution in [0.25, 0.3) is 0 Å². The van der Waals surface area contributed by atoms with Crippen LogP contribution in [-0.4, -0.2) is 58.7 Å². The fourth-order valence-electron chi connectivity index (χ4n) is 4.57.